The molecule has 0 aromatic carbocycles. The lowest BCUT2D eigenvalue weighted by molar-refractivity contribution is 0.360. The SMILES string of the molecule is Cc1cscc1-c1noc(CNC2CCS(=O)(=O)C2)n1. The van der Waals surface area contributed by atoms with Crippen LogP contribution in [0, 0.1) is 6.92 Å². The lowest BCUT2D eigenvalue weighted by Crippen LogP contribution is -2.29. The van der Waals surface area contributed by atoms with Gasteiger partial charge in [-0.1, -0.05) is 5.16 Å². The van der Waals surface area contributed by atoms with Crippen molar-refractivity contribution in [1.82, 2.24) is 15.5 Å². The molecule has 108 valence electrons. The van der Waals surface area contributed by atoms with Crippen LogP contribution in [-0.4, -0.2) is 36.1 Å². The van der Waals surface area contributed by atoms with Gasteiger partial charge in [0.1, 0.15) is 0 Å². The predicted octanol–water partition coefficient (Wildman–Crippen LogP) is 1.38. The molecule has 0 spiro atoms. The van der Waals surface area contributed by atoms with E-state index >= 15 is 0 Å². The van der Waals surface area contributed by atoms with Crippen molar-refractivity contribution in [2.45, 2.75) is 25.9 Å². The second-order valence-corrected chi connectivity index (χ2v) is 7.93. The van der Waals surface area contributed by atoms with E-state index in [1.54, 1.807) is 11.3 Å². The number of hydrogen-bond acceptors (Lipinski definition) is 7. The molecule has 20 heavy (non-hydrogen) atoms. The van der Waals surface area contributed by atoms with Gasteiger partial charge in [-0.05, 0) is 24.3 Å². The molecule has 1 aliphatic heterocycles. The number of thiophene rings is 1. The second-order valence-electron chi connectivity index (χ2n) is 4.96. The smallest absolute Gasteiger partial charge is 0.240 e. The zero-order chi connectivity index (χ0) is 14.2. The zero-order valence-corrected chi connectivity index (χ0v) is 12.6. The van der Waals surface area contributed by atoms with Gasteiger partial charge in [0.25, 0.3) is 0 Å². The van der Waals surface area contributed by atoms with Crippen LogP contribution >= 0.6 is 11.3 Å². The van der Waals surface area contributed by atoms with Crippen molar-refractivity contribution in [3.8, 4) is 11.4 Å². The van der Waals surface area contributed by atoms with Gasteiger partial charge in [0.2, 0.25) is 11.7 Å². The van der Waals surface area contributed by atoms with Crippen LogP contribution in [-0.2, 0) is 16.4 Å². The van der Waals surface area contributed by atoms with Crippen molar-refractivity contribution in [1.29, 1.82) is 0 Å². The number of rotatable bonds is 4. The van der Waals surface area contributed by atoms with Gasteiger partial charge in [-0.15, -0.1) is 0 Å². The Morgan fingerprint density at radius 2 is 2.35 bits per heavy atom. The fourth-order valence-electron chi connectivity index (χ4n) is 2.21. The summed E-state index contributed by atoms with van der Waals surface area (Å²) < 4.78 is 27.9. The minimum absolute atomic E-state index is 0.0155. The summed E-state index contributed by atoms with van der Waals surface area (Å²) in [6.07, 6.45) is 0.646. The minimum atomic E-state index is -2.86. The third-order valence-electron chi connectivity index (χ3n) is 3.34. The standard InChI is InChI=1S/C12H15N3O3S2/c1-8-5-19-6-10(8)12-14-11(18-15-12)4-13-9-2-3-20(16,17)7-9/h5-6,9,13H,2-4,7H2,1H3. The molecule has 8 heteroatoms. The van der Waals surface area contributed by atoms with Gasteiger partial charge in [0.05, 0.1) is 18.1 Å². The predicted molar refractivity (Wildman–Crippen MR) is 76.2 cm³/mol. The molecule has 2 aromatic rings. The Bertz CT molecular complexity index is 705. The maximum atomic E-state index is 11.4. The molecule has 0 bridgehead atoms. The first kappa shape index (κ1) is 13.7. The monoisotopic (exact) mass is 313 g/mol. The molecule has 3 heterocycles. The first-order valence-corrected chi connectivity index (χ1v) is 9.09. The molecule has 1 N–H and O–H groups in total. The molecule has 6 nitrogen and oxygen atoms in total. The molecule has 0 amide bonds. The van der Waals surface area contributed by atoms with Crippen molar-refractivity contribution in [2.24, 2.45) is 0 Å². The Kier molecular flexibility index (Phi) is 3.61. The Morgan fingerprint density at radius 3 is 3.00 bits per heavy atom. The molecule has 0 saturated carbocycles. The molecule has 0 aliphatic carbocycles. The number of aromatic nitrogens is 2. The Hall–Kier alpha value is -1.25. The normalized spacial score (nSPS) is 21.4. The van der Waals surface area contributed by atoms with E-state index in [0.717, 1.165) is 11.1 Å². The van der Waals surface area contributed by atoms with Crippen LogP contribution in [0.5, 0.6) is 0 Å². The van der Waals surface area contributed by atoms with E-state index in [1.165, 1.54) is 0 Å². The molecule has 1 atom stereocenters. The van der Waals surface area contributed by atoms with E-state index in [1.807, 2.05) is 17.7 Å². The van der Waals surface area contributed by atoms with Crippen molar-refractivity contribution < 1.29 is 12.9 Å². The Labute approximate surface area is 121 Å². The van der Waals surface area contributed by atoms with Crippen molar-refractivity contribution in [3.05, 3.63) is 22.2 Å². The van der Waals surface area contributed by atoms with Crippen LogP contribution in [0.2, 0.25) is 0 Å². The van der Waals surface area contributed by atoms with Crippen molar-refractivity contribution >= 4 is 21.2 Å². The van der Waals surface area contributed by atoms with Crippen molar-refractivity contribution in [3.63, 3.8) is 0 Å². The van der Waals surface area contributed by atoms with E-state index in [9.17, 15) is 8.42 Å². The fourth-order valence-corrected chi connectivity index (χ4v) is 4.75. The van der Waals surface area contributed by atoms with E-state index < -0.39 is 9.84 Å². The highest BCUT2D eigenvalue weighted by molar-refractivity contribution is 7.91. The Morgan fingerprint density at radius 1 is 1.50 bits per heavy atom. The molecule has 0 radical (unpaired) electrons. The minimum Gasteiger partial charge on any atom is -0.338 e. The van der Waals surface area contributed by atoms with Crippen LogP contribution in [0.1, 0.15) is 17.9 Å². The third kappa shape index (κ3) is 2.92. The number of sulfone groups is 1. The lowest BCUT2D eigenvalue weighted by atomic mass is 10.2. The topological polar surface area (TPSA) is 85.1 Å². The quantitative estimate of drug-likeness (QED) is 0.918. The van der Waals surface area contributed by atoms with E-state index in [0.29, 0.717) is 24.7 Å². The van der Waals surface area contributed by atoms with Crippen LogP contribution in [0.4, 0.5) is 0 Å². The van der Waals surface area contributed by atoms with Gasteiger partial charge in [-0.25, -0.2) is 8.42 Å². The van der Waals surface area contributed by atoms with Crippen LogP contribution in [0.15, 0.2) is 15.3 Å². The summed E-state index contributed by atoms with van der Waals surface area (Å²) in [5, 5.41) is 11.1. The highest BCUT2D eigenvalue weighted by Crippen LogP contribution is 2.24. The molecule has 3 rings (SSSR count). The number of hydrogen-bond donors (Lipinski definition) is 1. The van der Waals surface area contributed by atoms with Crippen LogP contribution in [0.25, 0.3) is 11.4 Å². The molecule has 1 unspecified atom stereocenters. The van der Waals surface area contributed by atoms with Gasteiger partial charge in [-0.2, -0.15) is 16.3 Å². The molecular weight excluding hydrogens is 298 g/mol. The largest absolute Gasteiger partial charge is 0.338 e. The van der Waals surface area contributed by atoms with Crippen molar-refractivity contribution in [2.75, 3.05) is 11.5 Å². The Balaban J connectivity index is 1.62. The molecule has 1 aliphatic rings. The van der Waals surface area contributed by atoms with Gasteiger partial charge in [0, 0.05) is 17.0 Å². The lowest BCUT2D eigenvalue weighted by Gasteiger charge is -2.07. The van der Waals surface area contributed by atoms with Gasteiger partial charge < -0.3 is 9.84 Å². The summed E-state index contributed by atoms with van der Waals surface area (Å²) in [6, 6.07) is -0.0155. The highest BCUT2D eigenvalue weighted by Gasteiger charge is 2.27. The maximum Gasteiger partial charge on any atom is 0.240 e. The fraction of sp³-hybridized carbons (Fsp3) is 0.500. The summed E-state index contributed by atoms with van der Waals surface area (Å²) in [5.74, 6) is 1.51. The highest BCUT2D eigenvalue weighted by atomic mass is 32.2. The number of nitrogens with one attached hydrogen (secondary N) is 1. The van der Waals surface area contributed by atoms with Gasteiger partial charge in [-0.3, -0.25) is 0 Å². The number of nitrogens with zero attached hydrogens (tertiary/aromatic N) is 2. The van der Waals surface area contributed by atoms with E-state index in [-0.39, 0.29) is 17.5 Å². The molecule has 1 saturated heterocycles. The molecule has 1 fully saturated rings. The second kappa shape index (κ2) is 5.27. The first-order valence-electron chi connectivity index (χ1n) is 6.33. The van der Waals surface area contributed by atoms with E-state index in [4.69, 9.17) is 4.52 Å². The summed E-state index contributed by atoms with van der Waals surface area (Å²) in [5.41, 5.74) is 2.10. The van der Waals surface area contributed by atoms with Crippen LogP contribution in [0.3, 0.4) is 0 Å². The third-order valence-corrected chi connectivity index (χ3v) is 5.97. The maximum absolute atomic E-state index is 11.4. The summed E-state index contributed by atoms with van der Waals surface area (Å²) in [7, 11) is -2.86. The first-order chi connectivity index (χ1) is 9.53. The summed E-state index contributed by atoms with van der Waals surface area (Å²) >= 11 is 1.60. The average molecular weight is 313 g/mol. The summed E-state index contributed by atoms with van der Waals surface area (Å²) in [6.45, 7) is 2.40. The average Bonchev–Trinajstić information content (AvgIpc) is 3.07. The number of aryl methyl sites for hydroxylation is 1. The van der Waals surface area contributed by atoms with Gasteiger partial charge >= 0.3 is 0 Å². The van der Waals surface area contributed by atoms with E-state index in [2.05, 4.69) is 15.5 Å². The van der Waals surface area contributed by atoms with Crippen LogP contribution < -0.4 is 5.32 Å². The zero-order valence-electron chi connectivity index (χ0n) is 11.0. The summed E-state index contributed by atoms with van der Waals surface area (Å²) in [4.78, 5) is 4.33. The van der Waals surface area contributed by atoms with Gasteiger partial charge in [0.15, 0.2) is 9.84 Å². The molecular formula is C12H15N3O3S2. The molecule has 2 aromatic heterocycles.